The van der Waals surface area contributed by atoms with Crippen molar-refractivity contribution in [1.82, 2.24) is 5.32 Å². The summed E-state index contributed by atoms with van der Waals surface area (Å²) in [5.74, 6) is -0.462. The number of carbonyl (C=O) groups excluding carboxylic acids is 1. The standard InChI is InChI=1S/C12H14FN3OS/c13-7-3-4-9(8(6-7)11(14)18)16-10-2-1-5-15-12(10)17/h3-4,6,10,16H,1-2,5H2,(H2,14,18)(H,15,17). The van der Waals surface area contributed by atoms with E-state index in [-0.39, 0.29) is 16.9 Å². The molecule has 96 valence electrons. The van der Waals surface area contributed by atoms with E-state index in [1.807, 2.05) is 0 Å². The highest BCUT2D eigenvalue weighted by molar-refractivity contribution is 7.80. The molecular weight excluding hydrogens is 253 g/mol. The summed E-state index contributed by atoms with van der Waals surface area (Å²) >= 11 is 4.88. The van der Waals surface area contributed by atoms with E-state index in [9.17, 15) is 9.18 Å². The smallest absolute Gasteiger partial charge is 0.242 e. The first kappa shape index (κ1) is 12.8. The number of nitrogens with one attached hydrogen (secondary N) is 2. The van der Waals surface area contributed by atoms with E-state index in [2.05, 4.69) is 10.6 Å². The third kappa shape index (κ3) is 2.76. The van der Waals surface area contributed by atoms with Crippen LogP contribution < -0.4 is 16.4 Å². The molecule has 1 atom stereocenters. The van der Waals surface area contributed by atoms with Crippen LogP contribution in [-0.4, -0.2) is 23.5 Å². The number of hydrogen-bond donors (Lipinski definition) is 3. The molecule has 0 bridgehead atoms. The van der Waals surface area contributed by atoms with Crippen molar-refractivity contribution in [2.75, 3.05) is 11.9 Å². The lowest BCUT2D eigenvalue weighted by Crippen LogP contribution is -2.44. The van der Waals surface area contributed by atoms with E-state index in [1.54, 1.807) is 6.07 Å². The number of carbonyl (C=O) groups is 1. The Labute approximate surface area is 110 Å². The van der Waals surface area contributed by atoms with Crippen molar-refractivity contribution in [3.05, 3.63) is 29.6 Å². The number of rotatable bonds is 3. The second-order valence-electron chi connectivity index (χ2n) is 4.18. The number of piperidine rings is 1. The Hall–Kier alpha value is -1.69. The molecule has 1 saturated heterocycles. The fourth-order valence-corrected chi connectivity index (χ4v) is 2.11. The van der Waals surface area contributed by atoms with Crippen LogP contribution >= 0.6 is 12.2 Å². The fraction of sp³-hybridized carbons (Fsp3) is 0.333. The van der Waals surface area contributed by atoms with Gasteiger partial charge in [0.1, 0.15) is 16.8 Å². The van der Waals surface area contributed by atoms with Crippen LogP contribution in [0.15, 0.2) is 18.2 Å². The van der Waals surface area contributed by atoms with E-state index in [4.69, 9.17) is 18.0 Å². The molecule has 1 aliphatic rings. The molecule has 1 fully saturated rings. The van der Waals surface area contributed by atoms with Crippen LogP contribution in [0.25, 0.3) is 0 Å². The molecular formula is C12H14FN3OS. The van der Waals surface area contributed by atoms with Crippen LogP contribution in [0.5, 0.6) is 0 Å². The highest BCUT2D eigenvalue weighted by atomic mass is 32.1. The molecule has 1 unspecified atom stereocenters. The summed E-state index contributed by atoms with van der Waals surface area (Å²) in [7, 11) is 0. The molecule has 2 rings (SSSR count). The Morgan fingerprint density at radius 2 is 2.33 bits per heavy atom. The van der Waals surface area contributed by atoms with Crippen LogP contribution in [0.4, 0.5) is 10.1 Å². The number of nitrogens with two attached hydrogens (primary N) is 1. The molecule has 18 heavy (non-hydrogen) atoms. The maximum Gasteiger partial charge on any atom is 0.242 e. The van der Waals surface area contributed by atoms with Gasteiger partial charge in [-0.2, -0.15) is 0 Å². The summed E-state index contributed by atoms with van der Waals surface area (Å²) in [5.41, 5.74) is 6.56. The average Bonchev–Trinajstić information content (AvgIpc) is 2.34. The third-order valence-corrected chi connectivity index (χ3v) is 3.08. The molecule has 0 aromatic heterocycles. The molecule has 4 N–H and O–H groups in total. The van der Waals surface area contributed by atoms with Crippen molar-refractivity contribution >= 4 is 28.8 Å². The third-order valence-electron chi connectivity index (χ3n) is 2.86. The predicted molar refractivity (Wildman–Crippen MR) is 71.9 cm³/mol. The van der Waals surface area contributed by atoms with Crippen LogP contribution in [-0.2, 0) is 4.79 Å². The molecule has 0 saturated carbocycles. The highest BCUT2D eigenvalue weighted by Crippen LogP contribution is 2.20. The Morgan fingerprint density at radius 1 is 1.56 bits per heavy atom. The highest BCUT2D eigenvalue weighted by Gasteiger charge is 2.22. The van der Waals surface area contributed by atoms with Crippen LogP contribution in [0.1, 0.15) is 18.4 Å². The lowest BCUT2D eigenvalue weighted by atomic mass is 10.1. The minimum absolute atomic E-state index is 0.0561. The second-order valence-corrected chi connectivity index (χ2v) is 4.62. The summed E-state index contributed by atoms with van der Waals surface area (Å²) in [6.07, 6.45) is 1.65. The van der Waals surface area contributed by atoms with E-state index >= 15 is 0 Å². The zero-order valence-corrected chi connectivity index (χ0v) is 10.5. The summed E-state index contributed by atoms with van der Waals surface area (Å²) in [4.78, 5) is 11.7. The Bertz CT molecular complexity index is 492. The number of hydrogen-bond acceptors (Lipinski definition) is 3. The molecule has 1 heterocycles. The summed E-state index contributed by atoms with van der Waals surface area (Å²) in [5, 5.41) is 5.83. The van der Waals surface area contributed by atoms with Crippen molar-refractivity contribution in [3.63, 3.8) is 0 Å². The molecule has 4 nitrogen and oxygen atoms in total. The molecule has 0 aliphatic carbocycles. The summed E-state index contributed by atoms with van der Waals surface area (Å²) in [6.45, 7) is 0.697. The van der Waals surface area contributed by atoms with Gasteiger partial charge in [-0.05, 0) is 31.0 Å². The largest absolute Gasteiger partial charge is 0.389 e. The Kier molecular flexibility index (Phi) is 3.76. The van der Waals surface area contributed by atoms with Gasteiger partial charge < -0.3 is 16.4 Å². The first-order valence-electron chi connectivity index (χ1n) is 5.71. The van der Waals surface area contributed by atoms with Crippen molar-refractivity contribution in [3.8, 4) is 0 Å². The SMILES string of the molecule is NC(=S)c1cc(F)ccc1NC1CCCNC1=O. The summed E-state index contributed by atoms with van der Waals surface area (Å²) < 4.78 is 13.1. The van der Waals surface area contributed by atoms with Crippen molar-refractivity contribution in [2.24, 2.45) is 5.73 Å². The van der Waals surface area contributed by atoms with E-state index in [0.29, 0.717) is 17.8 Å². The van der Waals surface area contributed by atoms with Gasteiger partial charge >= 0.3 is 0 Å². The number of anilines is 1. The topological polar surface area (TPSA) is 67.2 Å². The van der Waals surface area contributed by atoms with Gasteiger partial charge in [-0.25, -0.2) is 4.39 Å². The average molecular weight is 267 g/mol. The van der Waals surface area contributed by atoms with Gasteiger partial charge in [-0.15, -0.1) is 0 Å². The first-order chi connectivity index (χ1) is 8.58. The monoisotopic (exact) mass is 267 g/mol. The van der Waals surface area contributed by atoms with Gasteiger partial charge in [0.15, 0.2) is 0 Å². The van der Waals surface area contributed by atoms with Crippen LogP contribution in [0, 0.1) is 5.82 Å². The molecule has 1 amide bonds. The van der Waals surface area contributed by atoms with E-state index in [0.717, 1.165) is 12.8 Å². The number of benzene rings is 1. The number of halogens is 1. The van der Waals surface area contributed by atoms with Gasteiger partial charge in [0, 0.05) is 17.8 Å². The van der Waals surface area contributed by atoms with E-state index < -0.39 is 5.82 Å². The predicted octanol–water partition coefficient (Wildman–Crippen LogP) is 1.15. The minimum atomic E-state index is -0.406. The molecule has 0 radical (unpaired) electrons. The Balaban J connectivity index is 2.22. The zero-order valence-electron chi connectivity index (χ0n) is 9.70. The van der Waals surface area contributed by atoms with Crippen molar-refractivity contribution in [2.45, 2.75) is 18.9 Å². The van der Waals surface area contributed by atoms with Gasteiger partial charge in [-0.1, -0.05) is 12.2 Å². The Morgan fingerprint density at radius 3 is 3.00 bits per heavy atom. The van der Waals surface area contributed by atoms with Gasteiger partial charge in [0.25, 0.3) is 0 Å². The van der Waals surface area contributed by atoms with E-state index in [1.165, 1.54) is 12.1 Å². The quantitative estimate of drug-likeness (QED) is 0.719. The van der Waals surface area contributed by atoms with Gasteiger partial charge in [0.2, 0.25) is 5.91 Å². The molecule has 1 aromatic rings. The minimum Gasteiger partial charge on any atom is -0.389 e. The molecule has 0 spiro atoms. The maximum atomic E-state index is 13.1. The number of amides is 1. The van der Waals surface area contributed by atoms with Crippen LogP contribution in [0.2, 0.25) is 0 Å². The molecule has 1 aromatic carbocycles. The van der Waals surface area contributed by atoms with Gasteiger partial charge in [0.05, 0.1) is 0 Å². The normalized spacial score (nSPS) is 19.2. The van der Waals surface area contributed by atoms with Crippen molar-refractivity contribution < 1.29 is 9.18 Å². The van der Waals surface area contributed by atoms with Crippen LogP contribution in [0.3, 0.4) is 0 Å². The maximum absolute atomic E-state index is 13.1. The van der Waals surface area contributed by atoms with Gasteiger partial charge in [-0.3, -0.25) is 4.79 Å². The zero-order chi connectivity index (χ0) is 13.1. The first-order valence-corrected chi connectivity index (χ1v) is 6.12. The molecule has 6 heteroatoms. The summed E-state index contributed by atoms with van der Waals surface area (Å²) in [6, 6.07) is 3.80. The number of thiocarbonyl (C=S) groups is 1. The lowest BCUT2D eigenvalue weighted by molar-refractivity contribution is -0.123. The second kappa shape index (κ2) is 5.30. The van der Waals surface area contributed by atoms with Crippen molar-refractivity contribution in [1.29, 1.82) is 0 Å². The fourth-order valence-electron chi connectivity index (χ4n) is 1.94. The molecule has 1 aliphatic heterocycles. The lowest BCUT2D eigenvalue weighted by Gasteiger charge is -2.24.